The van der Waals surface area contributed by atoms with Crippen LogP contribution in [-0.4, -0.2) is 18.8 Å². The molecule has 76 valence electrons. The number of carbonyl (C=O) groups is 1. The lowest BCUT2D eigenvalue weighted by Crippen LogP contribution is -2.04. The van der Waals surface area contributed by atoms with E-state index in [9.17, 15) is 4.79 Å². The molecule has 0 bridgehead atoms. The number of ether oxygens (including phenoxy) is 1. The first-order chi connectivity index (χ1) is 6.60. The number of carbonyl (C=O) groups excluding carboxylic acids is 1. The lowest BCUT2D eigenvalue weighted by molar-refractivity contribution is 0.102. The molecule has 1 aromatic carbocycles. The van der Waals surface area contributed by atoms with Crippen molar-refractivity contribution in [3.8, 4) is 5.75 Å². The summed E-state index contributed by atoms with van der Waals surface area (Å²) < 4.78 is 5.08. The lowest BCUT2D eigenvalue weighted by Gasteiger charge is -2.09. The van der Waals surface area contributed by atoms with E-state index in [2.05, 4.69) is 0 Å². The summed E-state index contributed by atoms with van der Waals surface area (Å²) in [4.78, 5) is 11.4. The maximum atomic E-state index is 11.4. The first-order valence-electron chi connectivity index (χ1n) is 4.03. The zero-order valence-corrected chi connectivity index (χ0v) is 9.45. The number of hydrogen-bond donors (Lipinski definition) is 0. The smallest absolute Gasteiger partial charge is 0.178 e. The molecule has 0 aliphatic heterocycles. The standard InChI is InChI=1S/C10H10Cl2O2/c1-6-8(9(13)5-11)3-7(12)4-10(6)14-2/h3-4H,5H2,1-2H3. The van der Waals surface area contributed by atoms with Crippen LogP contribution in [-0.2, 0) is 0 Å². The van der Waals surface area contributed by atoms with Gasteiger partial charge < -0.3 is 4.74 Å². The summed E-state index contributed by atoms with van der Waals surface area (Å²) in [5.74, 6) is 0.403. The zero-order chi connectivity index (χ0) is 10.7. The second-order valence-corrected chi connectivity index (χ2v) is 3.54. The fourth-order valence-electron chi connectivity index (χ4n) is 1.23. The van der Waals surface area contributed by atoms with Crippen LogP contribution in [0.2, 0.25) is 5.02 Å². The highest BCUT2D eigenvalue weighted by Crippen LogP contribution is 2.26. The van der Waals surface area contributed by atoms with Crippen LogP contribution in [0.3, 0.4) is 0 Å². The molecule has 1 aromatic rings. The first-order valence-corrected chi connectivity index (χ1v) is 4.94. The van der Waals surface area contributed by atoms with Gasteiger partial charge >= 0.3 is 0 Å². The third-order valence-corrected chi connectivity index (χ3v) is 2.43. The number of methoxy groups -OCH3 is 1. The third-order valence-electron chi connectivity index (χ3n) is 1.97. The normalized spacial score (nSPS) is 10.0. The first kappa shape index (κ1) is 11.3. The molecule has 0 aromatic heterocycles. The molecule has 0 N–H and O–H groups in total. The topological polar surface area (TPSA) is 26.3 Å². The molecule has 0 heterocycles. The van der Waals surface area contributed by atoms with Crippen molar-refractivity contribution in [2.75, 3.05) is 13.0 Å². The maximum absolute atomic E-state index is 11.4. The summed E-state index contributed by atoms with van der Waals surface area (Å²) in [6, 6.07) is 3.27. The Kier molecular flexibility index (Phi) is 3.78. The van der Waals surface area contributed by atoms with Crippen molar-refractivity contribution in [2.45, 2.75) is 6.92 Å². The molecule has 0 unspecified atom stereocenters. The van der Waals surface area contributed by atoms with Gasteiger partial charge in [0.25, 0.3) is 0 Å². The van der Waals surface area contributed by atoms with Crippen LogP contribution < -0.4 is 4.74 Å². The Hall–Kier alpha value is -0.730. The van der Waals surface area contributed by atoms with E-state index >= 15 is 0 Å². The predicted octanol–water partition coefficient (Wildman–Crippen LogP) is 3.08. The van der Waals surface area contributed by atoms with E-state index in [-0.39, 0.29) is 11.7 Å². The molecule has 0 amide bonds. The van der Waals surface area contributed by atoms with Crippen LogP contribution in [0.4, 0.5) is 0 Å². The second-order valence-electron chi connectivity index (χ2n) is 2.84. The Morgan fingerprint density at radius 1 is 1.50 bits per heavy atom. The zero-order valence-electron chi connectivity index (χ0n) is 7.93. The number of Topliss-reactive ketones (excluding diaryl/α,β-unsaturated/α-hetero) is 1. The van der Waals surface area contributed by atoms with Crippen molar-refractivity contribution in [2.24, 2.45) is 0 Å². The summed E-state index contributed by atoms with van der Waals surface area (Å²) in [7, 11) is 1.54. The van der Waals surface area contributed by atoms with Gasteiger partial charge in [0.1, 0.15) is 5.75 Å². The molecule has 0 fully saturated rings. The fourth-order valence-corrected chi connectivity index (χ4v) is 1.58. The second kappa shape index (κ2) is 4.67. The molecule has 2 nitrogen and oxygen atoms in total. The largest absolute Gasteiger partial charge is 0.496 e. The minimum absolute atomic E-state index is 0.0513. The number of alkyl halides is 1. The molecule has 0 aliphatic carbocycles. The Balaban J connectivity index is 3.29. The van der Waals surface area contributed by atoms with Crippen LogP contribution in [0.15, 0.2) is 12.1 Å². The molecular weight excluding hydrogens is 223 g/mol. The Labute approximate surface area is 92.8 Å². The van der Waals surface area contributed by atoms with Gasteiger partial charge in [-0.2, -0.15) is 0 Å². The third kappa shape index (κ3) is 2.20. The van der Waals surface area contributed by atoms with Gasteiger partial charge in [-0.05, 0) is 19.1 Å². The Morgan fingerprint density at radius 3 is 2.64 bits per heavy atom. The fraction of sp³-hybridized carbons (Fsp3) is 0.300. The van der Waals surface area contributed by atoms with Crippen LogP contribution in [0.1, 0.15) is 15.9 Å². The van der Waals surface area contributed by atoms with Crippen LogP contribution in [0, 0.1) is 6.92 Å². The number of rotatable bonds is 3. The van der Waals surface area contributed by atoms with E-state index in [1.54, 1.807) is 19.1 Å². The monoisotopic (exact) mass is 232 g/mol. The molecule has 1 rings (SSSR count). The van der Waals surface area contributed by atoms with Crippen LogP contribution >= 0.6 is 23.2 Å². The van der Waals surface area contributed by atoms with E-state index in [0.717, 1.165) is 5.56 Å². The van der Waals surface area contributed by atoms with E-state index in [1.807, 2.05) is 0 Å². The number of hydrogen-bond acceptors (Lipinski definition) is 2. The molecule has 0 radical (unpaired) electrons. The molecule has 0 aliphatic rings. The van der Waals surface area contributed by atoms with E-state index in [0.29, 0.717) is 16.3 Å². The average Bonchev–Trinajstić information content (AvgIpc) is 2.19. The molecule has 0 saturated heterocycles. The number of benzene rings is 1. The summed E-state index contributed by atoms with van der Waals surface area (Å²) in [6.45, 7) is 1.80. The maximum Gasteiger partial charge on any atom is 0.178 e. The molecule has 14 heavy (non-hydrogen) atoms. The highest BCUT2D eigenvalue weighted by atomic mass is 35.5. The van der Waals surface area contributed by atoms with Gasteiger partial charge in [0.15, 0.2) is 5.78 Å². The van der Waals surface area contributed by atoms with Crippen LogP contribution in [0.5, 0.6) is 5.75 Å². The molecular formula is C10H10Cl2O2. The predicted molar refractivity (Wildman–Crippen MR) is 57.8 cm³/mol. The molecule has 4 heteroatoms. The Bertz CT molecular complexity index is 361. The van der Waals surface area contributed by atoms with Crippen molar-refractivity contribution >= 4 is 29.0 Å². The number of ketones is 1. The van der Waals surface area contributed by atoms with Gasteiger partial charge in [-0.3, -0.25) is 4.79 Å². The summed E-state index contributed by atoms with van der Waals surface area (Å²) in [5.41, 5.74) is 1.28. The summed E-state index contributed by atoms with van der Waals surface area (Å²) >= 11 is 11.3. The van der Waals surface area contributed by atoms with Gasteiger partial charge in [0.2, 0.25) is 0 Å². The summed E-state index contributed by atoms with van der Waals surface area (Å²) in [6.07, 6.45) is 0. The quantitative estimate of drug-likeness (QED) is 0.592. The lowest BCUT2D eigenvalue weighted by atomic mass is 10.0. The SMILES string of the molecule is COc1cc(Cl)cc(C(=O)CCl)c1C. The molecule has 0 atom stereocenters. The van der Waals surface area contributed by atoms with Crippen molar-refractivity contribution < 1.29 is 9.53 Å². The van der Waals surface area contributed by atoms with E-state index < -0.39 is 0 Å². The highest BCUT2D eigenvalue weighted by Gasteiger charge is 2.12. The van der Waals surface area contributed by atoms with E-state index in [1.165, 1.54) is 7.11 Å². The van der Waals surface area contributed by atoms with Gasteiger partial charge in [-0.15, -0.1) is 11.6 Å². The molecule has 0 spiro atoms. The van der Waals surface area contributed by atoms with Gasteiger partial charge in [-0.25, -0.2) is 0 Å². The van der Waals surface area contributed by atoms with Gasteiger partial charge in [0, 0.05) is 16.1 Å². The minimum Gasteiger partial charge on any atom is -0.496 e. The highest BCUT2D eigenvalue weighted by molar-refractivity contribution is 6.33. The van der Waals surface area contributed by atoms with E-state index in [4.69, 9.17) is 27.9 Å². The minimum atomic E-state index is -0.148. The van der Waals surface area contributed by atoms with Crippen molar-refractivity contribution in [3.63, 3.8) is 0 Å². The van der Waals surface area contributed by atoms with Gasteiger partial charge in [0.05, 0.1) is 13.0 Å². The summed E-state index contributed by atoms with van der Waals surface area (Å²) in [5, 5.41) is 0.473. The molecule has 0 saturated carbocycles. The number of halogens is 2. The Morgan fingerprint density at radius 2 is 2.14 bits per heavy atom. The van der Waals surface area contributed by atoms with Crippen molar-refractivity contribution in [1.82, 2.24) is 0 Å². The van der Waals surface area contributed by atoms with Crippen LogP contribution in [0.25, 0.3) is 0 Å². The van der Waals surface area contributed by atoms with Crippen molar-refractivity contribution in [3.05, 3.63) is 28.3 Å². The van der Waals surface area contributed by atoms with Crippen molar-refractivity contribution in [1.29, 1.82) is 0 Å². The van der Waals surface area contributed by atoms with Gasteiger partial charge in [-0.1, -0.05) is 11.6 Å². The average molecular weight is 233 g/mol.